The van der Waals surface area contributed by atoms with Gasteiger partial charge in [0.1, 0.15) is 17.5 Å². The van der Waals surface area contributed by atoms with Crippen LogP contribution in [0.2, 0.25) is 0 Å². The van der Waals surface area contributed by atoms with Gasteiger partial charge >= 0.3 is 5.97 Å². The number of aromatic hydroxyl groups is 1. The molecule has 3 N–H and O–H groups in total. The molecule has 0 aliphatic carbocycles. The van der Waals surface area contributed by atoms with Crippen LogP contribution >= 0.6 is 0 Å². The summed E-state index contributed by atoms with van der Waals surface area (Å²) in [6.45, 7) is 0. The molecule has 100 valence electrons. The fourth-order valence-corrected chi connectivity index (χ4v) is 1.38. The number of terminal acetylenes is 1. The molecule has 6 heteroatoms. The number of carbonyl (C=O) groups excluding carboxylic acids is 1. The van der Waals surface area contributed by atoms with Crippen LogP contribution in [0.5, 0.6) is 11.5 Å². The first-order valence-corrected chi connectivity index (χ1v) is 5.33. The highest BCUT2D eigenvalue weighted by Crippen LogP contribution is 2.22. The van der Waals surface area contributed by atoms with Crippen molar-refractivity contribution in [1.29, 1.82) is 0 Å². The van der Waals surface area contributed by atoms with E-state index in [0.29, 0.717) is 5.75 Å². The Hall–Kier alpha value is -2.68. The van der Waals surface area contributed by atoms with Crippen molar-refractivity contribution in [2.45, 2.75) is 12.5 Å². The van der Waals surface area contributed by atoms with E-state index in [-0.39, 0.29) is 17.7 Å². The lowest BCUT2D eigenvalue weighted by Crippen LogP contribution is -2.40. The summed E-state index contributed by atoms with van der Waals surface area (Å²) in [6, 6.07) is 2.86. The molecule has 1 unspecified atom stereocenters. The molecule has 0 saturated carbocycles. The minimum Gasteiger partial charge on any atom is -0.507 e. The molecule has 0 saturated heterocycles. The third-order valence-electron chi connectivity index (χ3n) is 2.37. The molecular formula is C13H13NO5. The number of hydrogen-bond acceptors (Lipinski definition) is 4. The number of carbonyl (C=O) groups is 2. The lowest BCUT2D eigenvalue weighted by molar-refractivity contribution is -0.139. The van der Waals surface area contributed by atoms with Gasteiger partial charge in [0.25, 0.3) is 5.91 Å². The van der Waals surface area contributed by atoms with E-state index in [1.165, 1.54) is 25.3 Å². The molecule has 0 radical (unpaired) electrons. The van der Waals surface area contributed by atoms with E-state index in [0.717, 1.165) is 0 Å². The second-order valence-electron chi connectivity index (χ2n) is 3.66. The zero-order valence-electron chi connectivity index (χ0n) is 10.2. The third kappa shape index (κ3) is 3.64. The summed E-state index contributed by atoms with van der Waals surface area (Å²) in [6.07, 6.45) is 4.88. The Morgan fingerprint density at radius 2 is 2.21 bits per heavy atom. The number of amides is 1. The molecule has 6 nitrogen and oxygen atoms in total. The largest absolute Gasteiger partial charge is 0.507 e. The normalized spacial score (nSPS) is 11.2. The average Bonchev–Trinajstić information content (AvgIpc) is 2.38. The quantitative estimate of drug-likeness (QED) is 0.676. The molecule has 0 aliphatic rings. The van der Waals surface area contributed by atoms with Crippen molar-refractivity contribution >= 4 is 11.9 Å². The van der Waals surface area contributed by atoms with E-state index >= 15 is 0 Å². The van der Waals surface area contributed by atoms with Crippen molar-refractivity contribution in [3.05, 3.63) is 23.8 Å². The van der Waals surface area contributed by atoms with Gasteiger partial charge in [-0.25, -0.2) is 4.79 Å². The summed E-state index contributed by atoms with van der Waals surface area (Å²) in [5.41, 5.74) is -0.0809. The maximum atomic E-state index is 11.9. The highest BCUT2D eigenvalue weighted by molar-refractivity contribution is 5.99. The maximum Gasteiger partial charge on any atom is 0.327 e. The molecule has 19 heavy (non-hydrogen) atoms. The van der Waals surface area contributed by atoms with Crippen LogP contribution in [-0.2, 0) is 4.79 Å². The Kier molecular flexibility index (Phi) is 4.77. The van der Waals surface area contributed by atoms with Crippen molar-refractivity contribution in [2.24, 2.45) is 0 Å². The predicted molar refractivity (Wildman–Crippen MR) is 67.0 cm³/mol. The average molecular weight is 263 g/mol. The molecule has 0 fully saturated rings. The highest BCUT2D eigenvalue weighted by Gasteiger charge is 2.21. The predicted octanol–water partition coefficient (Wildman–Crippen LogP) is 0.607. The Morgan fingerprint density at radius 1 is 1.53 bits per heavy atom. The second kappa shape index (κ2) is 6.31. The Labute approximate surface area is 110 Å². The minimum absolute atomic E-state index is 0.0809. The number of carboxylic acid groups (broad SMARTS) is 1. The van der Waals surface area contributed by atoms with Crippen molar-refractivity contribution < 1.29 is 24.5 Å². The summed E-state index contributed by atoms with van der Waals surface area (Å²) in [5.74, 6) is 0.274. The van der Waals surface area contributed by atoms with Crippen LogP contribution in [0.3, 0.4) is 0 Å². The third-order valence-corrected chi connectivity index (χ3v) is 2.37. The summed E-state index contributed by atoms with van der Waals surface area (Å²) in [5, 5.41) is 20.7. The van der Waals surface area contributed by atoms with E-state index in [4.69, 9.17) is 16.3 Å². The molecule has 0 aromatic heterocycles. The van der Waals surface area contributed by atoms with Gasteiger partial charge in [-0.2, -0.15) is 0 Å². The van der Waals surface area contributed by atoms with Crippen molar-refractivity contribution in [3.63, 3.8) is 0 Å². The zero-order chi connectivity index (χ0) is 14.4. The van der Waals surface area contributed by atoms with Crippen molar-refractivity contribution in [3.8, 4) is 23.8 Å². The van der Waals surface area contributed by atoms with Crippen molar-refractivity contribution in [2.75, 3.05) is 7.11 Å². The second-order valence-corrected chi connectivity index (χ2v) is 3.66. The van der Waals surface area contributed by atoms with Gasteiger partial charge in [-0.1, -0.05) is 0 Å². The number of methoxy groups -OCH3 is 1. The summed E-state index contributed by atoms with van der Waals surface area (Å²) in [4.78, 5) is 22.7. The van der Waals surface area contributed by atoms with E-state index in [2.05, 4.69) is 11.2 Å². The first-order chi connectivity index (χ1) is 8.99. The van der Waals surface area contributed by atoms with Crippen LogP contribution in [-0.4, -0.2) is 35.2 Å². The molecule has 1 amide bonds. The Bertz CT molecular complexity index is 532. The number of ether oxygens (including phenoxy) is 1. The summed E-state index contributed by atoms with van der Waals surface area (Å²) < 4.78 is 4.92. The standard InChI is InChI=1S/C13H13NO5/c1-3-4-10(13(17)18)14-12(16)9-7-8(19-2)5-6-11(9)15/h1,5-7,10,15H,4H2,2H3,(H,14,16)(H,17,18). The van der Waals surface area contributed by atoms with Crippen LogP contribution in [0.1, 0.15) is 16.8 Å². The molecule has 1 aromatic rings. The number of carboxylic acids is 1. The number of phenols is 1. The van der Waals surface area contributed by atoms with Gasteiger partial charge in [0.05, 0.1) is 12.7 Å². The van der Waals surface area contributed by atoms with Gasteiger partial charge in [0.2, 0.25) is 0 Å². The van der Waals surface area contributed by atoms with Crippen LogP contribution in [0.4, 0.5) is 0 Å². The lowest BCUT2D eigenvalue weighted by Gasteiger charge is -2.13. The van der Waals surface area contributed by atoms with Crippen molar-refractivity contribution in [1.82, 2.24) is 5.32 Å². The van der Waals surface area contributed by atoms with Crippen LogP contribution < -0.4 is 10.1 Å². The van der Waals surface area contributed by atoms with E-state index in [9.17, 15) is 14.7 Å². The summed E-state index contributed by atoms with van der Waals surface area (Å²) in [7, 11) is 1.41. The lowest BCUT2D eigenvalue weighted by atomic mass is 10.1. The van der Waals surface area contributed by atoms with Gasteiger partial charge in [-0.05, 0) is 18.2 Å². The molecule has 0 bridgehead atoms. The number of hydrogen-bond donors (Lipinski definition) is 3. The molecule has 0 spiro atoms. The first kappa shape index (κ1) is 14.4. The van der Waals surface area contributed by atoms with Gasteiger partial charge in [-0.3, -0.25) is 4.79 Å². The van der Waals surface area contributed by atoms with E-state index in [1.54, 1.807) is 0 Å². The summed E-state index contributed by atoms with van der Waals surface area (Å²) >= 11 is 0. The first-order valence-electron chi connectivity index (χ1n) is 5.33. The van der Waals surface area contributed by atoms with Gasteiger partial charge < -0.3 is 20.3 Å². The van der Waals surface area contributed by atoms with Crippen LogP contribution in [0.15, 0.2) is 18.2 Å². The van der Waals surface area contributed by atoms with Crippen LogP contribution in [0.25, 0.3) is 0 Å². The minimum atomic E-state index is -1.24. The van der Waals surface area contributed by atoms with Gasteiger partial charge in [-0.15, -0.1) is 12.3 Å². The fraction of sp³-hybridized carbons (Fsp3) is 0.231. The number of phenolic OH excluding ortho intramolecular Hbond substituents is 1. The molecule has 1 rings (SSSR count). The monoisotopic (exact) mass is 263 g/mol. The molecule has 1 aromatic carbocycles. The topological polar surface area (TPSA) is 95.9 Å². The highest BCUT2D eigenvalue weighted by atomic mass is 16.5. The molecule has 0 aliphatic heterocycles. The van der Waals surface area contributed by atoms with Gasteiger partial charge in [0, 0.05) is 6.42 Å². The fourth-order valence-electron chi connectivity index (χ4n) is 1.38. The maximum absolute atomic E-state index is 11.9. The molecule has 0 heterocycles. The Morgan fingerprint density at radius 3 is 2.74 bits per heavy atom. The number of nitrogens with one attached hydrogen (secondary N) is 1. The van der Waals surface area contributed by atoms with Gasteiger partial charge in [0.15, 0.2) is 0 Å². The number of rotatable bonds is 5. The smallest absolute Gasteiger partial charge is 0.327 e. The Balaban J connectivity index is 2.94. The SMILES string of the molecule is C#CCC(NC(=O)c1cc(OC)ccc1O)C(=O)O. The molecular weight excluding hydrogens is 250 g/mol. The van der Waals surface area contributed by atoms with E-state index < -0.39 is 17.9 Å². The van der Waals surface area contributed by atoms with Crippen LogP contribution in [0, 0.1) is 12.3 Å². The number of benzene rings is 1. The molecule has 1 atom stereocenters. The zero-order valence-corrected chi connectivity index (χ0v) is 10.2. The van der Waals surface area contributed by atoms with E-state index in [1.807, 2.05) is 0 Å². The number of aliphatic carboxylic acids is 1.